The van der Waals surface area contributed by atoms with Crippen LogP contribution in [0.25, 0.3) is 11.3 Å². The van der Waals surface area contributed by atoms with Crippen molar-refractivity contribution in [3.63, 3.8) is 0 Å². The Morgan fingerprint density at radius 3 is 2.58 bits per heavy atom. The molecule has 38 heavy (non-hydrogen) atoms. The summed E-state index contributed by atoms with van der Waals surface area (Å²) in [6, 6.07) is 10.4. The molecule has 192 valence electrons. The molecule has 1 aliphatic carbocycles. The highest BCUT2D eigenvalue weighted by Crippen LogP contribution is 2.47. The lowest BCUT2D eigenvalue weighted by Gasteiger charge is -2.31. The monoisotopic (exact) mass is 527 g/mol. The fourth-order valence-electron chi connectivity index (χ4n) is 5.09. The van der Waals surface area contributed by atoms with Gasteiger partial charge < -0.3 is 9.30 Å². The van der Waals surface area contributed by atoms with Crippen LogP contribution in [0, 0.1) is 11.3 Å². The first-order valence-electron chi connectivity index (χ1n) is 12.4. The molecule has 2 aliphatic rings. The number of hydrogen-bond donors (Lipinski definition) is 0. The highest BCUT2D eigenvalue weighted by Gasteiger charge is 2.45. The number of aryl methyl sites for hydroxylation is 1. The van der Waals surface area contributed by atoms with Gasteiger partial charge in [0.25, 0.3) is 5.91 Å². The minimum Gasteiger partial charge on any atom is -0.480 e. The number of Topliss-reactive ketones (excluding diaryl/α,β-unsaturated/α-hetero) is 1. The number of rotatable bonds is 6. The second kappa shape index (κ2) is 9.92. The van der Waals surface area contributed by atoms with E-state index in [2.05, 4.69) is 20.6 Å². The number of benzene rings is 1. The molecule has 1 aromatic carbocycles. The zero-order chi connectivity index (χ0) is 27.1. The number of nitriles is 1. The van der Waals surface area contributed by atoms with Crippen molar-refractivity contribution < 1.29 is 14.3 Å². The molecule has 1 unspecified atom stereocenters. The Labute approximate surface area is 225 Å². The van der Waals surface area contributed by atoms with Gasteiger partial charge in [-0.1, -0.05) is 36.7 Å². The van der Waals surface area contributed by atoms with Crippen LogP contribution in [0.2, 0.25) is 0 Å². The van der Waals surface area contributed by atoms with Gasteiger partial charge in [0.15, 0.2) is 5.78 Å². The van der Waals surface area contributed by atoms with Gasteiger partial charge in [0, 0.05) is 30.1 Å². The lowest BCUT2D eigenvalue weighted by atomic mass is 9.99. The zero-order valence-electron chi connectivity index (χ0n) is 21.5. The van der Waals surface area contributed by atoms with Crippen LogP contribution in [-0.4, -0.2) is 38.2 Å². The van der Waals surface area contributed by atoms with E-state index in [1.54, 1.807) is 37.6 Å². The van der Waals surface area contributed by atoms with Crippen molar-refractivity contribution in [2.45, 2.75) is 45.7 Å². The number of amides is 1. The first-order valence-corrected chi connectivity index (χ1v) is 12.8. The van der Waals surface area contributed by atoms with E-state index >= 15 is 0 Å². The second-order valence-electron chi connectivity index (χ2n) is 9.41. The molecule has 0 bridgehead atoms. The Balaban J connectivity index is 1.77. The second-order valence-corrected chi connectivity index (χ2v) is 9.85. The summed E-state index contributed by atoms with van der Waals surface area (Å²) in [5.41, 5.74) is 4.16. The van der Waals surface area contributed by atoms with Crippen LogP contribution in [0.4, 0.5) is 0 Å². The van der Waals surface area contributed by atoms with Crippen LogP contribution >= 0.6 is 11.6 Å². The summed E-state index contributed by atoms with van der Waals surface area (Å²) in [6.45, 7) is 6.04. The van der Waals surface area contributed by atoms with Crippen molar-refractivity contribution in [2.24, 2.45) is 0 Å². The number of ether oxygens (including phenoxy) is 1. The summed E-state index contributed by atoms with van der Waals surface area (Å²) in [4.78, 5) is 37.7. The third-order valence-electron chi connectivity index (χ3n) is 6.81. The van der Waals surface area contributed by atoms with E-state index in [4.69, 9.17) is 16.3 Å². The Bertz CT molecular complexity index is 1560. The van der Waals surface area contributed by atoms with E-state index in [1.165, 1.54) is 4.90 Å². The number of ketones is 1. The molecule has 9 heteroatoms. The Hall–Kier alpha value is -4.22. The SMILES string of the molecule is CCc1ncc(-c2cc3c(n2C(C)C)C(c2ccc(C#N)cc2)N(C2=CC(Cl)=CCC2=O)C3=O)c(OC)n1. The number of carbonyl (C=O) groups is 2. The fourth-order valence-corrected chi connectivity index (χ4v) is 5.27. The Morgan fingerprint density at radius 2 is 1.95 bits per heavy atom. The van der Waals surface area contributed by atoms with Gasteiger partial charge in [-0.15, -0.1) is 0 Å². The van der Waals surface area contributed by atoms with Crippen molar-refractivity contribution >= 4 is 23.3 Å². The van der Waals surface area contributed by atoms with Gasteiger partial charge in [-0.3, -0.25) is 14.5 Å². The zero-order valence-corrected chi connectivity index (χ0v) is 22.3. The summed E-state index contributed by atoms with van der Waals surface area (Å²) >= 11 is 6.29. The van der Waals surface area contributed by atoms with E-state index in [9.17, 15) is 14.9 Å². The highest BCUT2D eigenvalue weighted by molar-refractivity contribution is 6.32. The number of carbonyl (C=O) groups excluding carboxylic acids is 2. The molecule has 1 atom stereocenters. The van der Waals surface area contributed by atoms with Gasteiger partial charge in [-0.2, -0.15) is 10.2 Å². The minimum atomic E-state index is -0.610. The van der Waals surface area contributed by atoms with Crippen molar-refractivity contribution in [3.8, 4) is 23.2 Å². The van der Waals surface area contributed by atoms with Gasteiger partial charge in [0.2, 0.25) is 5.88 Å². The molecule has 5 rings (SSSR count). The number of nitrogens with zero attached hydrogens (tertiary/aromatic N) is 5. The van der Waals surface area contributed by atoms with Gasteiger partial charge in [0.1, 0.15) is 11.9 Å². The molecule has 0 saturated carbocycles. The molecular formula is C29H26ClN5O3. The third-order valence-corrected chi connectivity index (χ3v) is 7.07. The summed E-state index contributed by atoms with van der Waals surface area (Å²) in [5, 5.41) is 9.74. The molecule has 0 fully saturated rings. The predicted octanol–water partition coefficient (Wildman–Crippen LogP) is 5.49. The summed E-state index contributed by atoms with van der Waals surface area (Å²) < 4.78 is 7.70. The normalized spacial score (nSPS) is 16.9. The fraction of sp³-hybridized carbons (Fsp3) is 0.276. The number of hydrogen-bond acceptors (Lipinski definition) is 6. The van der Waals surface area contributed by atoms with Crippen LogP contribution in [0.5, 0.6) is 5.88 Å². The quantitative estimate of drug-likeness (QED) is 0.420. The number of allylic oxidation sites excluding steroid dienone is 4. The largest absolute Gasteiger partial charge is 0.480 e. The average molecular weight is 528 g/mol. The van der Waals surface area contributed by atoms with Crippen LogP contribution < -0.4 is 4.74 Å². The van der Waals surface area contributed by atoms with E-state index in [1.807, 2.05) is 39.0 Å². The smallest absolute Gasteiger partial charge is 0.261 e. The summed E-state index contributed by atoms with van der Waals surface area (Å²) in [5.74, 6) is 0.599. The van der Waals surface area contributed by atoms with Crippen LogP contribution in [0.1, 0.15) is 72.3 Å². The first kappa shape index (κ1) is 25.4. The lowest BCUT2D eigenvalue weighted by Crippen LogP contribution is -2.33. The van der Waals surface area contributed by atoms with Gasteiger partial charge in [-0.05, 0) is 43.7 Å². The molecule has 1 amide bonds. The van der Waals surface area contributed by atoms with E-state index in [-0.39, 0.29) is 29.9 Å². The molecule has 0 spiro atoms. The molecular weight excluding hydrogens is 502 g/mol. The van der Waals surface area contributed by atoms with Crippen molar-refractivity contribution in [3.05, 3.63) is 87.6 Å². The van der Waals surface area contributed by atoms with Crippen molar-refractivity contribution in [2.75, 3.05) is 7.11 Å². The number of halogens is 1. The van der Waals surface area contributed by atoms with Crippen molar-refractivity contribution in [1.82, 2.24) is 19.4 Å². The molecule has 0 radical (unpaired) electrons. The maximum atomic E-state index is 14.1. The molecule has 3 heterocycles. The first-order chi connectivity index (χ1) is 18.3. The Morgan fingerprint density at radius 1 is 1.21 bits per heavy atom. The van der Waals surface area contributed by atoms with E-state index in [0.717, 1.165) is 17.0 Å². The van der Waals surface area contributed by atoms with Crippen LogP contribution in [0.3, 0.4) is 0 Å². The molecule has 1 aliphatic heterocycles. The standard InChI is InChI=1S/C29H26ClN5O3/c1-5-25-32-15-21(28(33-25)38-4)22-13-20-27(34(22)16(2)3)26(18-8-6-17(14-31)7-9-18)35(29(20)37)23-12-19(30)10-11-24(23)36/h6-10,12-13,15-16,26H,5,11H2,1-4H3. The highest BCUT2D eigenvalue weighted by atomic mass is 35.5. The van der Waals surface area contributed by atoms with E-state index in [0.29, 0.717) is 39.8 Å². The summed E-state index contributed by atoms with van der Waals surface area (Å²) in [6.07, 6.45) is 5.69. The molecule has 0 saturated heterocycles. The minimum absolute atomic E-state index is 0.0579. The average Bonchev–Trinajstić information content (AvgIpc) is 3.44. The van der Waals surface area contributed by atoms with Crippen molar-refractivity contribution in [1.29, 1.82) is 5.26 Å². The van der Waals surface area contributed by atoms with E-state index < -0.39 is 6.04 Å². The maximum Gasteiger partial charge on any atom is 0.261 e. The van der Waals surface area contributed by atoms with Gasteiger partial charge >= 0.3 is 0 Å². The molecule has 3 aromatic rings. The predicted molar refractivity (Wildman–Crippen MR) is 143 cm³/mol. The van der Waals surface area contributed by atoms with Crippen LogP contribution in [0.15, 0.2) is 59.4 Å². The number of aromatic nitrogens is 3. The number of fused-ring (bicyclic) bond motifs is 1. The number of methoxy groups -OCH3 is 1. The lowest BCUT2D eigenvalue weighted by molar-refractivity contribution is -0.116. The molecule has 8 nitrogen and oxygen atoms in total. The Kier molecular flexibility index (Phi) is 6.64. The van der Waals surface area contributed by atoms with Gasteiger partial charge in [0.05, 0.1) is 47.0 Å². The van der Waals surface area contributed by atoms with Crippen LogP contribution in [-0.2, 0) is 11.2 Å². The maximum absolute atomic E-state index is 14.1. The summed E-state index contributed by atoms with van der Waals surface area (Å²) in [7, 11) is 1.56. The van der Waals surface area contributed by atoms with Gasteiger partial charge in [-0.25, -0.2) is 4.98 Å². The molecule has 2 aromatic heterocycles. The topological polar surface area (TPSA) is 101 Å². The molecule has 0 N–H and O–H groups in total. The third kappa shape index (κ3) is 4.09.